The third-order valence-corrected chi connectivity index (χ3v) is 5.10. The average Bonchev–Trinajstić information content (AvgIpc) is 2.59. The van der Waals surface area contributed by atoms with Crippen molar-refractivity contribution in [3.8, 4) is 0 Å². The Morgan fingerprint density at radius 2 is 1.57 bits per heavy atom. The van der Waals surface area contributed by atoms with Crippen LogP contribution < -0.4 is 0 Å². The Balaban J connectivity index is 1.67. The van der Waals surface area contributed by atoms with Crippen LogP contribution in [0.3, 0.4) is 0 Å². The SMILES string of the molecule is CCCCCCCC/C=C/c1ccc(C2CCC(F)CC2)cc1. The van der Waals surface area contributed by atoms with Crippen LogP contribution in [0.5, 0.6) is 0 Å². The monoisotopic (exact) mass is 316 g/mol. The summed E-state index contributed by atoms with van der Waals surface area (Å²) >= 11 is 0. The number of allylic oxidation sites excluding steroid dienone is 1. The number of alkyl halides is 1. The van der Waals surface area contributed by atoms with Gasteiger partial charge in [-0.2, -0.15) is 0 Å². The van der Waals surface area contributed by atoms with E-state index in [2.05, 4.69) is 43.3 Å². The zero-order valence-electron chi connectivity index (χ0n) is 14.8. The second-order valence-corrected chi connectivity index (χ2v) is 7.07. The van der Waals surface area contributed by atoms with Crippen molar-refractivity contribution >= 4 is 6.08 Å². The number of halogens is 1. The Kier molecular flexibility index (Phi) is 8.42. The number of hydrogen-bond acceptors (Lipinski definition) is 0. The van der Waals surface area contributed by atoms with Crippen molar-refractivity contribution in [2.45, 2.75) is 89.6 Å². The van der Waals surface area contributed by atoms with Gasteiger partial charge < -0.3 is 0 Å². The van der Waals surface area contributed by atoms with E-state index >= 15 is 0 Å². The van der Waals surface area contributed by atoms with E-state index in [0.29, 0.717) is 5.92 Å². The van der Waals surface area contributed by atoms with Crippen LogP contribution >= 0.6 is 0 Å². The summed E-state index contributed by atoms with van der Waals surface area (Å²) in [4.78, 5) is 0. The molecule has 0 amide bonds. The summed E-state index contributed by atoms with van der Waals surface area (Å²) in [5, 5.41) is 0. The largest absolute Gasteiger partial charge is 0.247 e. The number of hydrogen-bond donors (Lipinski definition) is 0. The lowest BCUT2D eigenvalue weighted by Gasteiger charge is -2.24. The third kappa shape index (κ3) is 6.89. The van der Waals surface area contributed by atoms with Crippen molar-refractivity contribution in [3.05, 3.63) is 41.5 Å². The van der Waals surface area contributed by atoms with Crippen LogP contribution in [0.2, 0.25) is 0 Å². The van der Waals surface area contributed by atoms with Crippen LogP contribution in [0, 0.1) is 0 Å². The quantitative estimate of drug-likeness (QED) is 0.415. The molecule has 1 saturated carbocycles. The van der Waals surface area contributed by atoms with Crippen LogP contribution in [0.15, 0.2) is 30.3 Å². The van der Waals surface area contributed by atoms with Crippen LogP contribution in [-0.2, 0) is 0 Å². The van der Waals surface area contributed by atoms with E-state index < -0.39 is 6.17 Å². The first kappa shape index (κ1) is 18.2. The van der Waals surface area contributed by atoms with E-state index in [4.69, 9.17) is 0 Å². The lowest BCUT2D eigenvalue weighted by molar-refractivity contribution is 0.235. The molecule has 0 unspecified atom stereocenters. The second-order valence-electron chi connectivity index (χ2n) is 7.07. The van der Waals surface area contributed by atoms with Gasteiger partial charge in [0.15, 0.2) is 0 Å². The molecule has 23 heavy (non-hydrogen) atoms. The maximum atomic E-state index is 13.2. The van der Waals surface area contributed by atoms with Gasteiger partial charge in [-0.1, -0.05) is 75.4 Å². The summed E-state index contributed by atoms with van der Waals surface area (Å²) in [5.74, 6) is 0.572. The molecular weight excluding hydrogens is 283 g/mol. The van der Waals surface area contributed by atoms with Crippen molar-refractivity contribution in [2.24, 2.45) is 0 Å². The van der Waals surface area contributed by atoms with E-state index in [1.54, 1.807) is 0 Å². The van der Waals surface area contributed by atoms with Crippen molar-refractivity contribution < 1.29 is 4.39 Å². The van der Waals surface area contributed by atoms with Gasteiger partial charge in [-0.3, -0.25) is 0 Å². The predicted molar refractivity (Wildman–Crippen MR) is 99.6 cm³/mol. The second kappa shape index (κ2) is 10.6. The molecule has 0 atom stereocenters. The molecule has 128 valence electrons. The highest BCUT2D eigenvalue weighted by Gasteiger charge is 2.21. The van der Waals surface area contributed by atoms with Gasteiger partial charge in [-0.25, -0.2) is 4.39 Å². The fourth-order valence-electron chi connectivity index (χ4n) is 3.53. The van der Waals surface area contributed by atoms with E-state index in [0.717, 1.165) is 25.7 Å². The van der Waals surface area contributed by atoms with Gasteiger partial charge in [0.1, 0.15) is 6.17 Å². The molecule has 0 N–H and O–H groups in total. The minimum absolute atomic E-state index is 0.560. The van der Waals surface area contributed by atoms with Crippen LogP contribution in [0.4, 0.5) is 4.39 Å². The lowest BCUT2D eigenvalue weighted by Crippen LogP contribution is -2.13. The molecule has 1 aromatic rings. The smallest absolute Gasteiger partial charge is 0.100 e. The molecule has 1 heteroatoms. The molecule has 0 aromatic heterocycles. The lowest BCUT2D eigenvalue weighted by atomic mass is 9.83. The Hall–Kier alpha value is -1.11. The van der Waals surface area contributed by atoms with Gasteiger partial charge in [0.05, 0.1) is 0 Å². The van der Waals surface area contributed by atoms with Gasteiger partial charge in [0.25, 0.3) is 0 Å². The molecule has 1 fully saturated rings. The van der Waals surface area contributed by atoms with Crippen molar-refractivity contribution in [1.29, 1.82) is 0 Å². The molecule has 0 heterocycles. The van der Waals surface area contributed by atoms with Gasteiger partial charge >= 0.3 is 0 Å². The van der Waals surface area contributed by atoms with Crippen LogP contribution in [-0.4, -0.2) is 6.17 Å². The molecule has 0 spiro atoms. The molecule has 0 nitrogen and oxygen atoms in total. The highest BCUT2D eigenvalue weighted by Crippen LogP contribution is 2.34. The van der Waals surface area contributed by atoms with E-state index in [-0.39, 0.29) is 0 Å². The number of rotatable bonds is 9. The predicted octanol–water partition coefficient (Wildman–Crippen LogP) is 7.45. The Labute approximate surface area is 142 Å². The summed E-state index contributed by atoms with van der Waals surface area (Å²) in [6.07, 6.45) is 16.8. The topological polar surface area (TPSA) is 0 Å². The van der Waals surface area contributed by atoms with Crippen molar-refractivity contribution in [1.82, 2.24) is 0 Å². The molecule has 0 saturated heterocycles. The number of unbranched alkanes of at least 4 members (excludes halogenated alkanes) is 6. The Morgan fingerprint density at radius 3 is 2.26 bits per heavy atom. The molecule has 0 aliphatic heterocycles. The first-order chi connectivity index (χ1) is 11.3. The zero-order valence-corrected chi connectivity index (χ0v) is 14.8. The summed E-state index contributed by atoms with van der Waals surface area (Å²) in [5.41, 5.74) is 2.68. The highest BCUT2D eigenvalue weighted by molar-refractivity contribution is 5.49. The third-order valence-electron chi connectivity index (χ3n) is 5.10. The van der Waals surface area contributed by atoms with Gasteiger partial charge in [0.2, 0.25) is 0 Å². The molecule has 2 rings (SSSR count). The molecule has 1 aromatic carbocycles. The average molecular weight is 317 g/mol. The normalized spacial score (nSPS) is 21.8. The van der Waals surface area contributed by atoms with E-state index in [1.165, 1.54) is 56.1 Å². The Morgan fingerprint density at radius 1 is 0.913 bits per heavy atom. The minimum atomic E-state index is -0.560. The first-order valence-corrected chi connectivity index (χ1v) is 9.70. The minimum Gasteiger partial charge on any atom is -0.247 e. The van der Waals surface area contributed by atoms with Gasteiger partial charge in [0, 0.05) is 0 Å². The maximum Gasteiger partial charge on any atom is 0.100 e. The van der Waals surface area contributed by atoms with E-state index in [9.17, 15) is 4.39 Å². The maximum absolute atomic E-state index is 13.2. The van der Waals surface area contributed by atoms with Crippen molar-refractivity contribution in [3.63, 3.8) is 0 Å². The Bertz CT molecular complexity index is 438. The van der Waals surface area contributed by atoms with Crippen LogP contribution in [0.25, 0.3) is 6.08 Å². The summed E-state index contributed by atoms with van der Waals surface area (Å²) < 4.78 is 13.2. The van der Waals surface area contributed by atoms with E-state index in [1.807, 2.05) is 0 Å². The summed E-state index contributed by atoms with van der Waals surface area (Å²) in [7, 11) is 0. The molecule has 0 bridgehead atoms. The first-order valence-electron chi connectivity index (χ1n) is 9.70. The fraction of sp³-hybridized carbons (Fsp3) is 0.636. The molecule has 0 radical (unpaired) electrons. The van der Waals surface area contributed by atoms with Gasteiger partial charge in [-0.15, -0.1) is 0 Å². The molecule has 1 aliphatic rings. The highest BCUT2D eigenvalue weighted by atomic mass is 19.1. The molecule has 1 aliphatic carbocycles. The summed E-state index contributed by atoms with van der Waals surface area (Å²) in [6.45, 7) is 2.26. The molecular formula is C22H33F. The van der Waals surface area contributed by atoms with Crippen molar-refractivity contribution in [2.75, 3.05) is 0 Å². The van der Waals surface area contributed by atoms with Crippen LogP contribution in [0.1, 0.15) is 94.6 Å². The van der Waals surface area contributed by atoms with Gasteiger partial charge in [-0.05, 0) is 55.6 Å². The fourth-order valence-corrected chi connectivity index (χ4v) is 3.53. The number of benzene rings is 1. The zero-order chi connectivity index (χ0) is 16.3. The summed E-state index contributed by atoms with van der Waals surface area (Å²) in [6, 6.07) is 8.92. The standard InChI is InChI=1S/C22H33F/c1-2-3-4-5-6-7-8-9-10-19-11-13-20(14-12-19)21-15-17-22(23)18-16-21/h9-14,21-22H,2-8,15-18H2,1H3/b10-9+.